The fourth-order valence-electron chi connectivity index (χ4n) is 10.2. The van der Waals surface area contributed by atoms with Gasteiger partial charge >= 0.3 is 5.97 Å². The third-order valence-corrected chi connectivity index (χ3v) is 12.0. The zero-order chi connectivity index (χ0) is 24.0. The maximum Gasteiger partial charge on any atom is 0.312 e. The van der Waals surface area contributed by atoms with Crippen LogP contribution in [0.4, 0.5) is 0 Å². The number of methoxy groups -OCH3 is 1. The van der Waals surface area contributed by atoms with Gasteiger partial charge < -0.3 is 14.9 Å². The first-order valence-corrected chi connectivity index (χ1v) is 13.5. The average Bonchev–Trinajstić information content (AvgIpc) is 2.76. The molecule has 4 heteroatoms. The van der Waals surface area contributed by atoms with E-state index < -0.39 is 12.2 Å². The Kier molecular flexibility index (Phi) is 5.47. The number of ether oxygens (including phenoxy) is 1. The van der Waals surface area contributed by atoms with Crippen molar-refractivity contribution in [2.45, 2.75) is 105 Å². The second kappa shape index (κ2) is 7.56. The Morgan fingerprint density at radius 2 is 1.70 bits per heavy atom. The van der Waals surface area contributed by atoms with E-state index in [1.165, 1.54) is 6.42 Å². The zero-order valence-corrected chi connectivity index (χ0v) is 21.7. The number of carbonyl (C=O) groups is 1. The molecule has 4 fully saturated rings. The smallest absolute Gasteiger partial charge is 0.312 e. The van der Waals surface area contributed by atoms with Crippen LogP contribution in [0.25, 0.3) is 0 Å². The number of aliphatic hydroxyl groups is 2. The summed E-state index contributed by atoms with van der Waals surface area (Å²) in [7, 11) is 1.57. The molecular formula is C29H46O4. The number of hydrogen-bond donors (Lipinski definition) is 2. The first-order chi connectivity index (χ1) is 15.4. The first kappa shape index (κ1) is 23.9. The maximum atomic E-state index is 13.2. The van der Waals surface area contributed by atoms with Crippen LogP contribution >= 0.6 is 0 Å². The van der Waals surface area contributed by atoms with Gasteiger partial charge in [0.15, 0.2) is 0 Å². The largest absolute Gasteiger partial charge is 0.469 e. The number of hydrogen-bond acceptors (Lipinski definition) is 4. The van der Waals surface area contributed by atoms with E-state index in [-0.39, 0.29) is 33.5 Å². The highest BCUT2D eigenvalue weighted by molar-refractivity contribution is 5.78. The molecule has 0 aromatic carbocycles. The number of allylic oxidation sites excluding steroid dienone is 2. The molecule has 10 atom stereocenters. The monoisotopic (exact) mass is 458 g/mol. The molecule has 33 heavy (non-hydrogen) atoms. The van der Waals surface area contributed by atoms with Gasteiger partial charge in [0.1, 0.15) is 0 Å². The highest BCUT2D eigenvalue weighted by Gasteiger charge is 2.65. The molecule has 0 aromatic heterocycles. The van der Waals surface area contributed by atoms with Crippen molar-refractivity contribution in [3.8, 4) is 0 Å². The van der Waals surface area contributed by atoms with E-state index in [4.69, 9.17) is 4.74 Å². The Morgan fingerprint density at radius 3 is 2.39 bits per heavy atom. The van der Waals surface area contributed by atoms with Crippen molar-refractivity contribution in [2.24, 2.45) is 51.2 Å². The molecule has 0 bridgehead atoms. The van der Waals surface area contributed by atoms with Crippen LogP contribution in [-0.2, 0) is 9.53 Å². The van der Waals surface area contributed by atoms with E-state index in [0.29, 0.717) is 30.1 Å². The van der Waals surface area contributed by atoms with Crippen LogP contribution in [0, 0.1) is 51.2 Å². The maximum absolute atomic E-state index is 13.2. The van der Waals surface area contributed by atoms with Gasteiger partial charge in [0.25, 0.3) is 0 Å². The van der Waals surface area contributed by atoms with Gasteiger partial charge in [-0.1, -0.05) is 46.3 Å². The summed E-state index contributed by atoms with van der Waals surface area (Å²) in [6, 6.07) is 0. The fraction of sp³-hybridized carbons (Fsp3) is 0.897. The SMILES string of the molecule is COC(=O)C12CCC3C(=CCC4C3(C)CCC3C(C)C(O)C(O)CC34C)C1CC(C)(C)CC2. The molecule has 10 unspecified atom stereocenters. The lowest BCUT2D eigenvalue weighted by molar-refractivity contribution is -0.192. The minimum Gasteiger partial charge on any atom is -0.469 e. The van der Waals surface area contributed by atoms with Crippen LogP contribution in [-0.4, -0.2) is 35.5 Å². The molecule has 0 aliphatic heterocycles. The highest BCUT2D eigenvalue weighted by Crippen LogP contribution is 2.70. The summed E-state index contributed by atoms with van der Waals surface area (Å²) in [4.78, 5) is 13.2. The number of carbonyl (C=O) groups excluding carboxylic acids is 1. The third kappa shape index (κ3) is 3.18. The predicted molar refractivity (Wildman–Crippen MR) is 129 cm³/mol. The second-order valence-corrected chi connectivity index (χ2v) is 13.9. The van der Waals surface area contributed by atoms with Gasteiger partial charge in [-0.15, -0.1) is 0 Å². The Bertz CT molecular complexity index is 847. The van der Waals surface area contributed by atoms with E-state index >= 15 is 0 Å². The van der Waals surface area contributed by atoms with Crippen LogP contribution in [0.15, 0.2) is 11.6 Å². The Hall–Kier alpha value is -0.870. The van der Waals surface area contributed by atoms with Crippen molar-refractivity contribution >= 4 is 5.97 Å². The van der Waals surface area contributed by atoms with Crippen LogP contribution < -0.4 is 0 Å². The van der Waals surface area contributed by atoms with E-state index in [1.54, 1.807) is 12.7 Å². The summed E-state index contributed by atoms with van der Waals surface area (Å²) >= 11 is 0. The quantitative estimate of drug-likeness (QED) is 0.401. The molecule has 186 valence electrons. The fourth-order valence-corrected chi connectivity index (χ4v) is 10.2. The second-order valence-electron chi connectivity index (χ2n) is 13.9. The molecule has 0 amide bonds. The van der Waals surface area contributed by atoms with Crippen molar-refractivity contribution in [3.63, 3.8) is 0 Å². The molecule has 0 saturated heterocycles. The van der Waals surface area contributed by atoms with Gasteiger partial charge in [-0.3, -0.25) is 4.79 Å². The van der Waals surface area contributed by atoms with Crippen molar-refractivity contribution in [3.05, 3.63) is 11.6 Å². The first-order valence-electron chi connectivity index (χ1n) is 13.5. The molecule has 4 saturated carbocycles. The molecule has 4 nitrogen and oxygen atoms in total. The molecule has 0 aromatic rings. The molecule has 0 spiro atoms. The van der Waals surface area contributed by atoms with Gasteiger partial charge in [0, 0.05) is 0 Å². The van der Waals surface area contributed by atoms with Gasteiger partial charge in [0.05, 0.1) is 24.7 Å². The molecule has 5 rings (SSSR count). The zero-order valence-electron chi connectivity index (χ0n) is 21.7. The minimum absolute atomic E-state index is 0.0171. The van der Waals surface area contributed by atoms with Gasteiger partial charge in [-0.25, -0.2) is 0 Å². The lowest BCUT2D eigenvalue weighted by atomic mass is 9.38. The molecule has 2 N–H and O–H groups in total. The van der Waals surface area contributed by atoms with Gasteiger partial charge in [-0.05, 0) is 104 Å². The Labute approximate surface area is 200 Å². The molecule has 5 aliphatic carbocycles. The van der Waals surface area contributed by atoms with Crippen LogP contribution in [0.5, 0.6) is 0 Å². The lowest BCUT2D eigenvalue weighted by Gasteiger charge is -2.66. The topological polar surface area (TPSA) is 66.8 Å². The summed E-state index contributed by atoms with van der Waals surface area (Å²) in [5.74, 6) is 1.97. The molecular weight excluding hydrogens is 412 g/mol. The summed E-state index contributed by atoms with van der Waals surface area (Å²) in [5.41, 5.74) is 1.73. The molecule has 0 radical (unpaired) electrons. The van der Waals surface area contributed by atoms with E-state index in [0.717, 1.165) is 44.9 Å². The lowest BCUT2D eigenvalue weighted by Crippen LogP contribution is -2.62. The predicted octanol–water partition coefficient (Wildman–Crippen LogP) is 5.51. The summed E-state index contributed by atoms with van der Waals surface area (Å²) < 4.78 is 5.43. The number of fused-ring (bicyclic) bond motifs is 7. The highest BCUT2D eigenvalue weighted by atomic mass is 16.5. The number of esters is 1. The van der Waals surface area contributed by atoms with E-state index in [9.17, 15) is 15.0 Å². The molecule has 5 aliphatic rings. The van der Waals surface area contributed by atoms with Crippen molar-refractivity contribution in [1.29, 1.82) is 0 Å². The minimum atomic E-state index is -0.619. The Balaban J connectivity index is 1.55. The van der Waals surface area contributed by atoms with Crippen LogP contribution in [0.1, 0.15) is 92.4 Å². The summed E-state index contributed by atoms with van der Waals surface area (Å²) in [6.07, 6.45) is 10.5. The standard InChI is InChI=1S/C29H46O4/c1-17-19-9-11-27(4)20-10-12-29(25(32)33-6)14-13-26(2,3)15-21(29)18(20)7-8-23(27)28(19,5)16-22(30)24(17)31/h7,17,19-24,30-31H,8-16H2,1-6H3. The van der Waals surface area contributed by atoms with Gasteiger partial charge in [-0.2, -0.15) is 0 Å². The van der Waals surface area contributed by atoms with Crippen molar-refractivity contribution < 1.29 is 19.7 Å². The van der Waals surface area contributed by atoms with Crippen LogP contribution in [0.3, 0.4) is 0 Å². The normalized spacial score (nSPS) is 53.0. The Morgan fingerprint density at radius 1 is 0.970 bits per heavy atom. The number of rotatable bonds is 1. The van der Waals surface area contributed by atoms with Crippen molar-refractivity contribution in [2.75, 3.05) is 7.11 Å². The third-order valence-electron chi connectivity index (χ3n) is 12.0. The summed E-state index contributed by atoms with van der Waals surface area (Å²) in [5, 5.41) is 21.4. The average molecular weight is 459 g/mol. The van der Waals surface area contributed by atoms with Crippen molar-refractivity contribution in [1.82, 2.24) is 0 Å². The van der Waals surface area contributed by atoms with Crippen LogP contribution in [0.2, 0.25) is 0 Å². The van der Waals surface area contributed by atoms with E-state index in [1.807, 2.05) is 0 Å². The molecule has 0 heterocycles. The van der Waals surface area contributed by atoms with E-state index in [2.05, 4.69) is 40.7 Å². The van der Waals surface area contributed by atoms with Gasteiger partial charge in [0.2, 0.25) is 0 Å². The number of aliphatic hydroxyl groups excluding tert-OH is 2. The summed E-state index contributed by atoms with van der Waals surface area (Å²) in [6.45, 7) is 11.8.